The Bertz CT molecular complexity index is 1760. The Kier molecular flexibility index (Phi) is 8.03. The maximum absolute atomic E-state index is 13.5. The van der Waals surface area contributed by atoms with Crippen molar-refractivity contribution in [2.24, 2.45) is 0 Å². The number of benzene rings is 3. The monoisotopic (exact) mass is 556 g/mol. The van der Waals surface area contributed by atoms with Crippen LogP contribution in [0, 0.1) is 0 Å². The third kappa shape index (κ3) is 6.07. The summed E-state index contributed by atoms with van der Waals surface area (Å²) in [7, 11) is 1.66. The highest BCUT2D eigenvalue weighted by Crippen LogP contribution is 2.26. The van der Waals surface area contributed by atoms with Gasteiger partial charge in [0.15, 0.2) is 5.82 Å². The fraction of sp³-hybridized carbons (Fsp3) is 0.176. The number of fused-ring (bicyclic) bond motifs is 1. The lowest BCUT2D eigenvalue weighted by Crippen LogP contribution is -2.32. The van der Waals surface area contributed by atoms with E-state index in [9.17, 15) is 4.79 Å². The van der Waals surface area contributed by atoms with Gasteiger partial charge in [0.1, 0.15) is 11.6 Å². The number of hydrogen-bond acceptors (Lipinski definition) is 5. The predicted octanol–water partition coefficient (Wildman–Crippen LogP) is 5.71. The molecule has 0 aliphatic carbocycles. The molecule has 0 fully saturated rings. The van der Waals surface area contributed by atoms with Crippen molar-refractivity contribution in [1.82, 2.24) is 30.0 Å². The highest BCUT2D eigenvalue weighted by Gasteiger charge is 2.25. The number of hydrogen-bond donors (Lipinski definition) is 2. The normalized spacial score (nSPS) is 11.8. The number of aryl methyl sites for hydroxylation is 2. The zero-order valence-electron chi connectivity index (χ0n) is 23.4. The quantitative estimate of drug-likeness (QED) is 0.213. The Labute approximate surface area is 244 Å². The average molecular weight is 557 g/mol. The molecular weight excluding hydrogens is 524 g/mol. The number of ether oxygens (including phenoxy) is 1. The van der Waals surface area contributed by atoms with Crippen molar-refractivity contribution in [2.75, 3.05) is 7.11 Å². The van der Waals surface area contributed by atoms with Crippen LogP contribution in [0.4, 0.5) is 0 Å². The van der Waals surface area contributed by atoms with Gasteiger partial charge in [0.2, 0.25) is 0 Å². The summed E-state index contributed by atoms with van der Waals surface area (Å²) >= 11 is 0. The summed E-state index contributed by atoms with van der Waals surface area (Å²) in [5, 5.41) is 13.8. The average Bonchev–Trinajstić information content (AvgIpc) is 3.64. The Balaban J connectivity index is 1.38. The molecule has 0 spiro atoms. The summed E-state index contributed by atoms with van der Waals surface area (Å²) < 4.78 is 7.52. The van der Waals surface area contributed by atoms with Gasteiger partial charge >= 0.3 is 0 Å². The summed E-state index contributed by atoms with van der Waals surface area (Å²) in [6.07, 6.45) is 7.34. The van der Waals surface area contributed by atoms with E-state index in [2.05, 4.69) is 61.3 Å². The third-order valence-electron chi connectivity index (χ3n) is 7.49. The number of aromatic amines is 1. The second kappa shape index (κ2) is 12.5. The fourth-order valence-electron chi connectivity index (χ4n) is 5.25. The first-order valence-electron chi connectivity index (χ1n) is 14.0. The summed E-state index contributed by atoms with van der Waals surface area (Å²) in [4.78, 5) is 20.9. The number of para-hydroxylation sites is 1. The molecule has 3 aromatic heterocycles. The number of methoxy groups -OCH3 is 1. The van der Waals surface area contributed by atoms with Gasteiger partial charge in [-0.2, -0.15) is 0 Å². The second-order valence-electron chi connectivity index (χ2n) is 10.2. The van der Waals surface area contributed by atoms with Gasteiger partial charge in [0.25, 0.3) is 5.91 Å². The van der Waals surface area contributed by atoms with E-state index in [0.29, 0.717) is 30.8 Å². The van der Waals surface area contributed by atoms with Gasteiger partial charge in [0.05, 0.1) is 19.7 Å². The molecular formula is C34H32N6O2. The van der Waals surface area contributed by atoms with E-state index in [1.54, 1.807) is 31.6 Å². The molecule has 6 aromatic rings. The van der Waals surface area contributed by atoms with Gasteiger partial charge in [-0.15, -0.1) is 10.2 Å². The van der Waals surface area contributed by atoms with Crippen molar-refractivity contribution >= 4 is 16.8 Å². The largest absolute Gasteiger partial charge is 0.497 e. The van der Waals surface area contributed by atoms with E-state index in [-0.39, 0.29) is 5.91 Å². The molecule has 0 aliphatic rings. The molecule has 1 amide bonds. The molecule has 0 saturated carbocycles. The summed E-state index contributed by atoms with van der Waals surface area (Å²) in [5.74, 6) is 2.19. The van der Waals surface area contributed by atoms with Crippen molar-refractivity contribution in [3.05, 3.63) is 143 Å². The van der Waals surface area contributed by atoms with Gasteiger partial charge in [-0.05, 0) is 53.4 Å². The number of aromatic nitrogens is 5. The lowest BCUT2D eigenvalue weighted by atomic mass is 10.0. The number of H-pyrrole nitrogens is 1. The Morgan fingerprint density at radius 2 is 1.64 bits per heavy atom. The first-order chi connectivity index (χ1) is 20.7. The highest BCUT2D eigenvalue weighted by atomic mass is 16.5. The van der Waals surface area contributed by atoms with Gasteiger partial charge in [-0.1, -0.05) is 60.7 Å². The van der Waals surface area contributed by atoms with E-state index in [1.807, 2.05) is 48.7 Å². The molecule has 2 N–H and O–H groups in total. The van der Waals surface area contributed by atoms with Crippen LogP contribution in [0.1, 0.15) is 44.7 Å². The fourth-order valence-corrected chi connectivity index (χ4v) is 5.25. The van der Waals surface area contributed by atoms with Crippen molar-refractivity contribution in [3.8, 4) is 5.75 Å². The molecule has 1 unspecified atom stereocenters. The number of carbonyl (C=O) groups excluding carboxylic acids is 1. The van der Waals surface area contributed by atoms with Gasteiger partial charge in [-0.3, -0.25) is 9.78 Å². The lowest BCUT2D eigenvalue weighted by Gasteiger charge is -2.20. The van der Waals surface area contributed by atoms with Crippen LogP contribution in [-0.2, 0) is 25.8 Å². The van der Waals surface area contributed by atoms with E-state index in [0.717, 1.165) is 40.0 Å². The van der Waals surface area contributed by atoms with Crippen LogP contribution in [0.5, 0.6) is 5.75 Å². The third-order valence-corrected chi connectivity index (χ3v) is 7.49. The van der Waals surface area contributed by atoms with Crippen LogP contribution < -0.4 is 10.1 Å². The maximum atomic E-state index is 13.5. The topological polar surface area (TPSA) is 97.7 Å². The molecule has 6 rings (SSSR count). The number of rotatable bonds is 11. The molecule has 8 nitrogen and oxygen atoms in total. The van der Waals surface area contributed by atoms with E-state index < -0.39 is 6.04 Å². The van der Waals surface area contributed by atoms with Crippen LogP contribution in [0.25, 0.3) is 10.9 Å². The summed E-state index contributed by atoms with van der Waals surface area (Å²) in [6.45, 7) is 0.561. The van der Waals surface area contributed by atoms with Gasteiger partial charge in [-0.25, -0.2) is 0 Å². The minimum absolute atomic E-state index is 0.188. The van der Waals surface area contributed by atoms with Crippen LogP contribution >= 0.6 is 0 Å². The Morgan fingerprint density at radius 1 is 0.881 bits per heavy atom. The maximum Gasteiger partial charge on any atom is 0.251 e. The molecule has 3 aromatic carbocycles. The predicted molar refractivity (Wildman–Crippen MR) is 162 cm³/mol. The SMILES string of the molecule is COc1ccc(Cn2c(CCc3ccccc3)nnc2C(Cc2c[nH]c3ccccc23)NC(=O)c2ccncc2)cc1. The molecule has 3 heterocycles. The van der Waals surface area contributed by atoms with Gasteiger partial charge < -0.3 is 19.6 Å². The van der Waals surface area contributed by atoms with Crippen molar-refractivity contribution in [3.63, 3.8) is 0 Å². The summed E-state index contributed by atoms with van der Waals surface area (Å²) in [5.41, 5.74) is 5.01. The van der Waals surface area contributed by atoms with E-state index in [1.165, 1.54) is 5.56 Å². The second-order valence-corrected chi connectivity index (χ2v) is 10.2. The Hall–Kier alpha value is -5.24. The van der Waals surface area contributed by atoms with Crippen LogP contribution in [-0.4, -0.2) is 37.7 Å². The minimum Gasteiger partial charge on any atom is -0.497 e. The zero-order valence-corrected chi connectivity index (χ0v) is 23.4. The minimum atomic E-state index is -0.430. The van der Waals surface area contributed by atoms with Gasteiger partial charge in [0, 0.05) is 47.9 Å². The van der Waals surface area contributed by atoms with E-state index in [4.69, 9.17) is 9.84 Å². The number of nitrogens with zero attached hydrogens (tertiary/aromatic N) is 4. The van der Waals surface area contributed by atoms with E-state index >= 15 is 0 Å². The molecule has 0 saturated heterocycles. The molecule has 8 heteroatoms. The van der Waals surface area contributed by atoms with Crippen molar-refractivity contribution in [2.45, 2.75) is 31.8 Å². The van der Waals surface area contributed by atoms with Crippen LogP contribution in [0.15, 0.2) is 110 Å². The van der Waals surface area contributed by atoms with Crippen molar-refractivity contribution in [1.29, 1.82) is 0 Å². The molecule has 0 bridgehead atoms. The number of nitrogens with one attached hydrogen (secondary N) is 2. The number of carbonyl (C=O) groups is 1. The first kappa shape index (κ1) is 27.0. The van der Waals surface area contributed by atoms with Crippen LogP contribution in [0.3, 0.4) is 0 Å². The molecule has 1 atom stereocenters. The zero-order chi connectivity index (χ0) is 28.7. The lowest BCUT2D eigenvalue weighted by molar-refractivity contribution is 0.0934. The number of amides is 1. The molecule has 42 heavy (non-hydrogen) atoms. The standard InChI is InChI=1S/C34H32N6O2/c1-42-28-14-11-25(12-15-28)23-40-32(16-13-24-7-3-2-4-8-24)38-39-33(40)31(37-34(41)26-17-19-35-20-18-26)21-27-22-36-30-10-6-5-9-29(27)30/h2-12,14-15,17-20,22,31,36H,13,16,21,23H2,1H3,(H,37,41). The van der Waals surface area contributed by atoms with Crippen LogP contribution in [0.2, 0.25) is 0 Å². The molecule has 0 aliphatic heterocycles. The smallest absolute Gasteiger partial charge is 0.251 e. The summed E-state index contributed by atoms with van der Waals surface area (Å²) in [6, 6.07) is 29.6. The molecule has 0 radical (unpaired) electrons. The molecule has 210 valence electrons. The number of pyridine rings is 1. The Morgan fingerprint density at radius 3 is 2.43 bits per heavy atom. The highest BCUT2D eigenvalue weighted by molar-refractivity contribution is 5.94. The first-order valence-corrected chi connectivity index (χ1v) is 14.0. The van der Waals surface area contributed by atoms with Crippen molar-refractivity contribution < 1.29 is 9.53 Å².